The van der Waals surface area contributed by atoms with E-state index in [1.165, 1.54) is 11.6 Å². The van der Waals surface area contributed by atoms with Gasteiger partial charge in [-0.1, -0.05) is 30.3 Å². The molecule has 1 atom stereocenters. The lowest BCUT2D eigenvalue weighted by Crippen LogP contribution is -2.26. The normalized spacial score (nSPS) is 19.6. The molecule has 122 valence electrons. The van der Waals surface area contributed by atoms with Crippen LogP contribution in [0.15, 0.2) is 42.2 Å². The van der Waals surface area contributed by atoms with E-state index < -0.39 is 15.6 Å². The molecule has 0 heterocycles. The topological polar surface area (TPSA) is 43.4 Å². The Kier molecular flexibility index (Phi) is 5.16. The van der Waals surface area contributed by atoms with Gasteiger partial charge in [0.2, 0.25) is 0 Å². The van der Waals surface area contributed by atoms with Gasteiger partial charge in [-0.15, -0.1) is 0 Å². The first-order chi connectivity index (χ1) is 10.3. The van der Waals surface area contributed by atoms with E-state index in [4.69, 9.17) is 0 Å². The van der Waals surface area contributed by atoms with Crippen LogP contribution < -0.4 is 0 Å². The van der Waals surface area contributed by atoms with E-state index in [-0.39, 0.29) is 12.2 Å². The minimum absolute atomic E-state index is 0.103. The Bertz CT molecular complexity index is 621. The zero-order chi connectivity index (χ0) is 16.2. The van der Waals surface area contributed by atoms with Crippen LogP contribution in [0.2, 0.25) is 0 Å². The van der Waals surface area contributed by atoms with Crippen molar-refractivity contribution in [1.29, 1.82) is 0 Å². The highest BCUT2D eigenvalue weighted by Gasteiger charge is 2.48. The highest BCUT2D eigenvalue weighted by atomic mass is 32.2. The second-order valence-corrected chi connectivity index (χ2v) is 6.86. The maximum absolute atomic E-state index is 12.2. The van der Waals surface area contributed by atoms with Gasteiger partial charge in [-0.25, -0.2) is 0 Å². The average molecular weight is 334 g/mol. The van der Waals surface area contributed by atoms with Crippen molar-refractivity contribution in [3.8, 4) is 0 Å². The van der Waals surface area contributed by atoms with Crippen LogP contribution in [-0.2, 0) is 20.7 Å². The van der Waals surface area contributed by atoms with Gasteiger partial charge in [-0.3, -0.25) is 0 Å². The van der Waals surface area contributed by atoms with Crippen molar-refractivity contribution >= 4 is 10.1 Å². The molecular weight excluding hydrogens is 317 g/mol. The first-order valence-corrected chi connectivity index (χ1v) is 8.42. The van der Waals surface area contributed by atoms with Crippen LogP contribution in [0.1, 0.15) is 31.2 Å². The van der Waals surface area contributed by atoms with Gasteiger partial charge in [0.25, 0.3) is 0 Å². The fourth-order valence-corrected chi connectivity index (χ4v) is 2.93. The minimum Gasteiger partial charge on any atom is -0.381 e. The van der Waals surface area contributed by atoms with Gasteiger partial charge in [0, 0.05) is 6.42 Å². The van der Waals surface area contributed by atoms with Crippen LogP contribution in [0.3, 0.4) is 0 Å². The van der Waals surface area contributed by atoms with Gasteiger partial charge in [-0.2, -0.15) is 21.6 Å². The molecule has 1 aromatic carbocycles. The lowest BCUT2D eigenvalue weighted by molar-refractivity contribution is -0.0524. The molecule has 0 amide bonds. The number of alkyl halides is 3. The van der Waals surface area contributed by atoms with Crippen molar-refractivity contribution in [2.24, 2.45) is 5.92 Å². The summed E-state index contributed by atoms with van der Waals surface area (Å²) in [7, 11) is -5.54. The fourth-order valence-electron chi connectivity index (χ4n) is 2.41. The molecule has 0 aromatic heterocycles. The number of allylic oxidation sites excluding steroid dienone is 2. The van der Waals surface area contributed by atoms with E-state index in [9.17, 15) is 21.6 Å². The Morgan fingerprint density at radius 2 is 1.86 bits per heavy atom. The van der Waals surface area contributed by atoms with E-state index >= 15 is 0 Å². The molecule has 0 aliphatic heterocycles. The van der Waals surface area contributed by atoms with E-state index in [0.717, 1.165) is 12.8 Å². The van der Waals surface area contributed by atoms with Crippen molar-refractivity contribution in [2.75, 3.05) is 0 Å². The molecule has 0 unspecified atom stereocenters. The third kappa shape index (κ3) is 4.50. The summed E-state index contributed by atoms with van der Waals surface area (Å²) >= 11 is 0. The summed E-state index contributed by atoms with van der Waals surface area (Å²) in [5.41, 5.74) is -4.16. The van der Waals surface area contributed by atoms with Gasteiger partial charge in [0.15, 0.2) is 0 Å². The maximum Gasteiger partial charge on any atom is 0.534 e. The number of hydrogen-bond acceptors (Lipinski definition) is 3. The van der Waals surface area contributed by atoms with Crippen LogP contribution in [-0.4, -0.2) is 13.9 Å². The highest BCUT2D eigenvalue weighted by Crippen LogP contribution is 2.32. The molecule has 1 aromatic rings. The van der Waals surface area contributed by atoms with Crippen LogP contribution >= 0.6 is 0 Å². The number of rotatable bonds is 5. The third-order valence-corrected chi connectivity index (χ3v) is 4.66. The van der Waals surface area contributed by atoms with Crippen molar-refractivity contribution in [2.45, 2.75) is 37.6 Å². The minimum atomic E-state index is -5.54. The molecule has 7 heteroatoms. The summed E-state index contributed by atoms with van der Waals surface area (Å²) in [5.74, 6) is 0.231. The van der Waals surface area contributed by atoms with E-state index in [0.29, 0.717) is 18.8 Å². The molecule has 2 rings (SSSR count). The number of halogens is 3. The average Bonchev–Trinajstić information content (AvgIpc) is 2.46. The molecule has 0 saturated heterocycles. The van der Waals surface area contributed by atoms with Gasteiger partial charge in [0.1, 0.15) is 5.76 Å². The number of aryl methyl sites for hydroxylation is 1. The molecule has 0 N–H and O–H groups in total. The molecular formula is C15H17F3O3S. The summed E-state index contributed by atoms with van der Waals surface area (Å²) in [6.07, 6.45) is 4.66. The quantitative estimate of drug-likeness (QED) is 0.599. The molecule has 0 spiro atoms. The number of hydrogen-bond donors (Lipinski definition) is 0. The van der Waals surface area contributed by atoms with Crippen LogP contribution in [0.5, 0.6) is 0 Å². The first-order valence-electron chi connectivity index (χ1n) is 7.01. The van der Waals surface area contributed by atoms with Crippen molar-refractivity contribution in [1.82, 2.24) is 0 Å². The van der Waals surface area contributed by atoms with Crippen molar-refractivity contribution < 1.29 is 25.8 Å². The van der Waals surface area contributed by atoms with Gasteiger partial charge in [-0.05, 0) is 43.2 Å². The number of benzene rings is 1. The Hall–Kier alpha value is -1.50. The van der Waals surface area contributed by atoms with Crippen LogP contribution in [0.25, 0.3) is 0 Å². The molecule has 22 heavy (non-hydrogen) atoms. The smallest absolute Gasteiger partial charge is 0.381 e. The van der Waals surface area contributed by atoms with E-state index in [1.54, 1.807) is 0 Å². The Morgan fingerprint density at radius 3 is 2.41 bits per heavy atom. The monoisotopic (exact) mass is 334 g/mol. The van der Waals surface area contributed by atoms with Crippen LogP contribution in [0, 0.1) is 5.92 Å². The molecule has 0 bridgehead atoms. The Morgan fingerprint density at radius 1 is 1.18 bits per heavy atom. The zero-order valence-electron chi connectivity index (χ0n) is 11.8. The second-order valence-electron chi connectivity index (χ2n) is 5.32. The van der Waals surface area contributed by atoms with Crippen LogP contribution in [0.4, 0.5) is 13.2 Å². The second kappa shape index (κ2) is 6.73. The SMILES string of the molecule is O=S(=O)(OC1=CC[C@H](CCc2ccccc2)CC1)C(F)(F)F. The standard InChI is InChI=1S/C15H17F3O3S/c16-15(17,18)22(19,20)21-14-10-8-13(9-11-14)7-6-12-4-2-1-3-5-12/h1-5,10,13H,6-9,11H2/t13-/m0/s1. The van der Waals surface area contributed by atoms with Crippen molar-refractivity contribution in [3.05, 3.63) is 47.7 Å². The molecule has 3 nitrogen and oxygen atoms in total. The predicted octanol–water partition coefficient (Wildman–Crippen LogP) is 4.17. The zero-order valence-corrected chi connectivity index (χ0v) is 12.7. The Labute approximate surface area is 127 Å². The van der Waals surface area contributed by atoms with Gasteiger partial charge < -0.3 is 4.18 Å². The van der Waals surface area contributed by atoms with Gasteiger partial charge >= 0.3 is 15.6 Å². The molecule has 0 fully saturated rings. The fraction of sp³-hybridized carbons (Fsp3) is 0.467. The largest absolute Gasteiger partial charge is 0.534 e. The molecule has 0 saturated carbocycles. The lowest BCUT2D eigenvalue weighted by atomic mass is 9.88. The highest BCUT2D eigenvalue weighted by molar-refractivity contribution is 7.87. The summed E-state index contributed by atoms with van der Waals surface area (Å²) in [6.45, 7) is 0. The first kappa shape index (κ1) is 16.9. The summed E-state index contributed by atoms with van der Waals surface area (Å²) in [5, 5.41) is 0. The van der Waals surface area contributed by atoms with E-state index in [1.807, 2.05) is 30.3 Å². The van der Waals surface area contributed by atoms with E-state index in [2.05, 4.69) is 4.18 Å². The maximum atomic E-state index is 12.2. The molecule has 0 radical (unpaired) electrons. The summed E-state index contributed by atoms with van der Waals surface area (Å²) < 4.78 is 62.7. The summed E-state index contributed by atoms with van der Waals surface area (Å²) in [4.78, 5) is 0. The molecule has 1 aliphatic carbocycles. The third-order valence-electron chi connectivity index (χ3n) is 3.66. The lowest BCUT2D eigenvalue weighted by Gasteiger charge is -2.22. The molecule has 1 aliphatic rings. The Balaban J connectivity index is 1.85. The summed E-state index contributed by atoms with van der Waals surface area (Å²) in [6, 6.07) is 9.93. The predicted molar refractivity (Wildman–Crippen MR) is 76.2 cm³/mol. The van der Waals surface area contributed by atoms with Gasteiger partial charge in [0.05, 0.1) is 0 Å². The van der Waals surface area contributed by atoms with Crippen molar-refractivity contribution in [3.63, 3.8) is 0 Å².